The molecule has 110 valence electrons. The van der Waals surface area contributed by atoms with E-state index in [1.807, 2.05) is 6.07 Å². The molecule has 2 aromatic rings. The molecule has 0 bridgehead atoms. The van der Waals surface area contributed by atoms with Crippen molar-refractivity contribution in [1.82, 2.24) is 0 Å². The minimum absolute atomic E-state index is 0.220. The van der Waals surface area contributed by atoms with Gasteiger partial charge < -0.3 is 14.2 Å². The predicted octanol–water partition coefficient (Wildman–Crippen LogP) is 3.71. The van der Waals surface area contributed by atoms with Crippen LogP contribution < -0.4 is 14.2 Å². The lowest BCUT2D eigenvalue weighted by Crippen LogP contribution is -2.08. The summed E-state index contributed by atoms with van der Waals surface area (Å²) in [4.78, 5) is 12.9. The number of halogens is 1. The van der Waals surface area contributed by atoms with Crippen LogP contribution in [-0.2, 0) is 0 Å². The average molecular weight is 351 g/mol. The summed E-state index contributed by atoms with van der Waals surface area (Å²) in [7, 11) is 4.56. The van der Waals surface area contributed by atoms with E-state index in [4.69, 9.17) is 14.2 Å². The van der Waals surface area contributed by atoms with Gasteiger partial charge in [0, 0.05) is 4.47 Å². The molecule has 2 rings (SSSR count). The van der Waals surface area contributed by atoms with Gasteiger partial charge in [0.15, 0.2) is 0 Å². The Kier molecular flexibility index (Phi) is 4.85. The summed E-state index contributed by atoms with van der Waals surface area (Å²) in [6.45, 7) is 0. The van der Waals surface area contributed by atoms with E-state index in [-0.39, 0.29) is 5.78 Å². The van der Waals surface area contributed by atoms with Crippen LogP contribution in [0.25, 0.3) is 0 Å². The minimum atomic E-state index is -0.220. The number of ether oxygens (including phenoxy) is 3. The number of carbonyl (C=O) groups excluding carboxylic acids is 1. The Labute approximate surface area is 131 Å². The zero-order chi connectivity index (χ0) is 15.4. The van der Waals surface area contributed by atoms with Crippen molar-refractivity contribution in [3.8, 4) is 17.2 Å². The maximum absolute atomic E-state index is 12.9. The molecule has 4 nitrogen and oxygen atoms in total. The number of benzene rings is 2. The molecule has 0 radical (unpaired) electrons. The molecule has 0 heterocycles. The summed E-state index contributed by atoms with van der Waals surface area (Å²) in [5.41, 5.74) is 0.813. The van der Waals surface area contributed by atoms with Crippen molar-refractivity contribution >= 4 is 21.7 Å². The van der Waals surface area contributed by atoms with Gasteiger partial charge in [-0.3, -0.25) is 4.79 Å². The molecule has 0 aromatic heterocycles. The first kappa shape index (κ1) is 15.4. The summed E-state index contributed by atoms with van der Waals surface area (Å²) in [5, 5.41) is 0. The van der Waals surface area contributed by atoms with Crippen LogP contribution in [0, 0.1) is 0 Å². The molecule has 0 aliphatic heterocycles. The molecule has 0 spiro atoms. The van der Waals surface area contributed by atoms with Gasteiger partial charge in [0.05, 0.1) is 26.9 Å². The highest BCUT2D eigenvalue weighted by Gasteiger charge is 2.22. The van der Waals surface area contributed by atoms with E-state index in [1.165, 1.54) is 21.3 Å². The Morgan fingerprint density at radius 1 is 0.905 bits per heavy atom. The summed E-state index contributed by atoms with van der Waals surface area (Å²) < 4.78 is 16.6. The molecule has 0 aliphatic carbocycles. The maximum atomic E-state index is 12.9. The largest absolute Gasteiger partial charge is 0.496 e. The molecule has 0 unspecified atom stereocenters. The molecule has 0 N–H and O–H groups in total. The molecule has 0 amide bonds. The molecule has 0 saturated carbocycles. The van der Waals surface area contributed by atoms with Gasteiger partial charge in [0.1, 0.15) is 22.8 Å². The van der Waals surface area contributed by atoms with Crippen LogP contribution in [0.2, 0.25) is 0 Å². The third-order valence-corrected chi connectivity index (χ3v) is 3.55. The lowest BCUT2D eigenvalue weighted by Gasteiger charge is -2.14. The fraction of sp³-hybridized carbons (Fsp3) is 0.188. The quantitative estimate of drug-likeness (QED) is 0.771. The van der Waals surface area contributed by atoms with E-state index in [0.717, 1.165) is 4.47 Å². The van der Waals surface area contributed by atoms with E-state index < -0.39 is 0 Å². The number of ketones is 1. The molecule has 0 aliphatic rings. The first-order valence-corrected chi connectivity index (χ1v) is 7.01. The highest BCUT2D eigenvalue weighted by Crippen LogP contribution is 2.34. The van der Waals surface area contributed by atoms with Crippen molar-refractivity contribution in [3.63, 3.8) is 0 Å². The van der Waals surface area contributed by atoms with Crippen LogP contribution in [0.5, 0.6) is 17.2 Å². The molecular weight excluding hydrogens is 336 g/mol. The molecular formula is C16H15BrO4. The predicted molar refractivity (Wildman–Crippen MR) is 83.7 cm³/mol. The average Bonchev–Trinajstić information content (AvgIpc) is 2.53. The Bertz CT molecular complexity index is 645. The second kappa shape index (κ2) is 6.63. The van der Waals surface area contributed by atoms with Crippen molar-refractivity contribution < 1.29 is 19.0 Å². The number of hydrogen-bond acceptors (Lipinski definition) is 4. The number of methoxy groups -OCH3 is 3. The van der Waals surface area contributed by atoms with E-state index in [1.54, 1.807) is 30.3 Å². The monoisotopic (exact) mass is 350 g/mol. The first-order chi connectivity index (χ1) is 10.1. The highest BCUT2D eigenvalue weighted by molar-refractivity contribution is 9.10. The lowest BCUT2D eigenvalue weighted by atomic mass is 10.0. The third-order valence-electron chi connectivity index (χ3n) is 3.06. The van der Waals surface area contributed by atoms with E-state index in [9.17, 15) is 4.79 Å². The van der Waals surface area contributed by atoms with Gasteiger partial charge in [-0.2, -0.15) is 0 Å². The van der Waals surface area contributed by atoms with Crippen molar-refractivity contribution in [1.29, 1.82) is 0 Å². The summed E-state index contributed by atoms with van der Waals surface area (Å²) in [6, 6.07) is 10.5. The van der Waals surface area contributed by atoms with Gasteiger partial charge in [-0.05, 0) is 30.3 Å². The minimum Gasteiger partial charge on any atom is -0.496 e. The molecule has 0 saturated heterocycles. The molecule has 2 aromatic carbocycles. The molecule has 0 atom stereocenters. The van der Waals surface area contributed by atoms with Crippen molar-refractivity contribution in [2.75, 3.05) is 21.3 Å². The number of hydrogen-bond donors (Lipinski definition) is 0. The Morgan fingerprint density at radius 3 is 2.00 bits per heavy atom. The van der Waals surface area contributed by atoms with Gasteiger partial charge in [-0.25, -0.2) is 0 Å². The third kappa shape index (κ3) is 3.03. The van der Waals surface area contributed by atoms with Crippen LogP contribution >= 0.6 is 15.9 Å². The van der Waals surface area contributed by atoms with Gasteiger partial charge in [0.2, 0.25) is 5.78 Å². The van der Waals surface area contributed by atoms with Crippen LogP contribution in [0.15, 0.2) is 40.9 Å². The first-order valence-electron chi connectivity index (χ1n) is 6.21. The molecule has 21 heavy (non-hydrogen) atoms. The highest BCUT2D eigenvalue weighted by atomic mass is 79.9. The molecule has 0 fully saturated rings. The summed E-state index contributed by atoms with van der Waals surface area (Å²) >= 11 is 3.37. The van der Waals surface area contributed by atoms with Crippen LogP contribution in [0.4, 0.5) is 0 Å². The smallest absolute Gasteiger partial charge is 0.204 e. The lowest BCUT2D eigenvalue weighted by molar-refractivity contribution is 0.103. The standard InChI is InChI=1S/C16H15BrO4/c1-19-12-8-7-10(17)9-11(12)16(18)15-13(20-2)5-4-6-14(15)21-3/h4-9H,1-3H3. The van der Waals surface area contributed by atoms with Gasteiger partial charge in [-0.15, -0.1) is 0 Å². The van der Waals surface area contributed by atoms with Crippen LogP contribution in [-0.4, -0.2) is 27.1 Å². The van der Waals surface area contributed by atoms with Gasteiger partial charge >= 0.3 is 0 Å². The van der Waals surface area contributed by atoms with Crippen LogP contribution in [0.1, 0.15) is 15.9 Å². The molecule has 5 heteroatoms. The number of carbonyl (C=O) groups is 1. The van der Waals surface area contributed by atoms with E-state index in [2.05, 4.69) is 15.9 Å². The Hall–Kier alpha value is -2.01. The second-order valence-electron chi connectivity index (χ2n) is 4.21. The zero-order valence-electron chi connectivity index (χ0n) is 12.0. The van der Waals surface area contributed by atoms with Gasteiger partial charge in [0.25, 0.3) is 0 Å². The SMILES string of the molecule is COc1ccc(Br)cc1C(=O)c1c(OC)cccc1OC. The second-order valence-corrected chi connectivity index (χ2v) is 5.13. The van der Waals surface area contributed by atoms with Crippen molar-refractivity contribution in [2.45, 2.75) is 0 Å². The van der Waals surface area contributed by atoms with E-state index >= 15 is 0 Å². The normalized spacial score (nSPS) is 10.1. The number of rotatable bonds is 5. The van der Waals surface area contributed by atoms with E-state index in [0.29, 0.717) is 28.4 Å². The van der Waals surface area contributed by atoms with Gasteiger partial charge in [-0.1, -0.05) is 22.0 Å². The summed E-state index contributed by atoms with van der Waals surface area (Å²) in [5.74, 6) is 1.20. The zero-order valence-corrected chi connectivity index (χ0v) is 13.6. The Morgan fingerprint density at radius 2 is 1.48 bits per heavy atom. The van der Waals surface area contributed by atoms with Crippen molar-refractivity contribution in [3.05, 3.63) is 52.0 Å². The topological polar surface area (TPSA) is 44.8 Å². The maximum Gasteiger partial charge on any atom is 0.204 e. The van der Waals surface area contributed by atoms with Crippen LogP contribution in [0.3, 0.4) is 0 Å². The fourth-order valence-electron chi connectivity index (χ4n) is 2.07. The fourth-order valence-corrected chi connectivity index (χ4v) is 2.43. The summed E-state index contributed by atoms with van der Waals surface area (Å²) in [6.07, 6.45) is 0. The Balaban J connectivity index is 2.62. The van der Waals surface area contributed by atoms with Crippen molar-refractivity contribution in [2.24, 2.45) is 0 Å².